The number of aromatic nitrogens is 2. The fourth-order valence-corrected chi connectivity index (χ4v) is 3.03. The lowest BCUT2D eigenvalue weighted by atomic mass is 10.2. The molecule has 4 amide bonds. The van der Waals surface area contributed by atoms with Gasteiger partial charge in [-0.2, -0.15) is 0 Å². The van der Waals surface area contributed by atoms with E-state index in [0.29, 0.717) is 37.8 Å². The number of urea groups is 1. The lowest BCUT2D eigenvalue weighted by molar-refractivity contribution is -0.115. The van der Waals surface area contributed by atoms with E-state index in [9.17, 15) is 14.4 Å². The van der Waals surface area contributed by atoms with Gasteiger partial charge in [-0.1, -0.05) is 0 Å². The molecule has 1 N–H and O–H groups in total. The third-order valence-corrected chi connectivity index (χ3v) is 4.50. The van der Waals surface area contributed by atoms with Gasteiger partial charge in [0.1, 0.15) is 11.3 Å². The molecule has 3 heterocycles. The predicted molar refractivity (Wildman–Crippen MR) is 106 cm³/mol. The predicted octanol–water partition coefficient (Wildman–Crippen LogP) is 1.45. The van der Waals surface area contributed by atoms with Crippen LogP contribution in [0.4, 0.5) is 15.5 Å². The molecule has 29 heavy (non-hydrogen) atoms. The summed E-state index contributed by atoms with van der Waals surface area (Å²) in [5.74, 6) is 0.0539. The highest BCUT2D eigenvalue weighted by molar-refractivity contribution is 6.13. The molecule has 10 nitrogen and oxygen atoms in total. The van der Waals surface area contributed by atoms with Crippen LogP contribution in [0.2, 0.25) is 0 Å². The maximum atomic E-state index is 12.3. The molecule has 2 saturated heterocycles. The molecule has 0 spiro atoms. The van der Waals surface area contributed by atoms with Crippen molar-refractivity contribution in [3.8, 4) is 0 Å². The van der Waals surface area contributed by atoms with Gasteiger partial charge < -0.3 is 14.5 Å². The smallest absolute Gasteiger partial charge is 0.410 e. The zero-order valence-electron chi connectivity index (χ0n) is 17.1. The maximum Gasteiger partial charge on any atom is 0.410 e. The minimum absolute atomic E-state index is 0.228. The summed E-state index contributed by atoms with van der Waals surface area (Å²) in [6.45, 7) is 7.90. The summed E-state index contributed by atoms with van der Waals surface area (Å²) in [7, 11) is 1.52. The van der Waals surface area contributed by atoms with Crippen molar-refractivity contribution in [2.24, 2.45) is 0 Å². The molecule has 10 heteroatoms. The van der Waals surface area contributed by atoms with Crippen molar-refractivity contribution in [1.82, 2.24) is 25.1 Å². The third-order valence-electron chi connectivity index (χ3n) is 4.50. The van der Waals surface area contributed by atoms with Crippen molar-refractivity contribution in [3.05, 3.63) is 23.7 Å². The number of ether oxygens (including phenoxy) is 1. The first-order chi connectivity index (χ1) is 13.6. The lowest BCUT2D eigenvalue weighted by Gasteiger charge is -2.26. The van der Waals surface area contributed by atoms with E-state index in [1.165, 1.54) is 11.9 Å². The minimum atomic E-state index is -0.533. The molecule has 0 bridgehead atoms. The number of carbonyl (C=O) groups is 3. The Morgan fingerprint density at radius 1 is 1.21 bits per heavy atom. The van der Waals surface area contributed by atoms with Crippen molar-refractivity contribution in [2.75, 3.05) is 38.1 Å². The fourth-order valence-electron chi connectivity index (χ4n) is 3.03. The molecule has 2 aliphatic rings. The summed E-state index contributed by atoms with van der Waals surface area (Å²) >= 11 is 0. The Bertz CT molecular complexity index is 847. The molecular formula is C19H26N6O4. The highest BCUT2D eigenvalue weighted by Crippen LogP contribution is 2.17. The van der Waals surface area contributed by atoms with Gasteiger partial charge in [-0.15, -0.1) is 0 Å². The Kier molecular flexibility index (Phi) is 5.71. The Morgan fingerprint density at radius 3 is 2.62 bits per heavy atom. The van der Waals surface area contributed by atoms with Crippen LogP contribution in [-0.2, 0) is 9.53 Å². The summed E-state index contributed by atoms with van der Waals surface area (Å²) in [4.78, 5) is 49.6. The van der Waals surface area contributed by atoms with E-state index >= 15 is 0 Å². The molecule has 0 radical (unpaired) electrons. The zero-order valence-corrected chi connectivity index (χ0v) is 17.1. The second kappa shape index (κ2) is 8.06. The van der Waals surface area contributed by atoms with Crippen molar-refractivity contribution in [3.63, 3.8) is 0 Å². The zero-order chi connectivity index (χ0) is 21.2. The molecule has 1 aromatic heterocycles. The van der Waals surface area contributed by atoms with E-state index < -0.39 is 17.5 Å². The standard InChI is InChI=1S/C19H26N6O4/c1-19(2,3)29-18(28)25-9-5-8-24(10-11-25)16-20-7-6-13(21-16)12-14-15(26)22-17(27)23(14)4/h6-7,12H,5,8-11H2,1-4H3,(H,22,26,27). The highest BCUT2D eigenvalue weighted by Gasteiger charge is 2.30. The number of nitrogens with zero attached hydrogens (tertiary/aromatic N) is 5. The Morgan fingerprint density at radius 2 is 1.97 bits per heavy atom. The summed E-state index contributed by atoms with van der Waals surface area (Å²) in [6.07, 6.45) is 3.60. The van der Waals surface area contributed by atoms with Crippen LogP contribution in [-0.4, -0.2) is 76.6 Å². The molecule has 0 saturated carbocycles. The second-order valence-corrected chi connectivity index (χ2v) is 7.94. The van der Waals surface area contributed by atoms with E-state index in [2.05, 4.69) is 15.3 Å². The molecule has 156 valence electrons. The van der Waals surface area contributed by atoms with Crippen molar-refractivity contribution >= 4 is 30.1 Å². The third kappa shape index (κ3) is 5.01. The monoisotopic (exact) mass is 402 g/mol. The van der Waals surface area contributed by atoms with Crippen LogP contribution in [0.25, 0.3) is 6.08 Å². The van der Waals surface area contributed by atoms with Crippen LogP contribution in [0.5, 0.6) is 0 Å². The molecule has 2 fully saturated rings. The number of amides is 4. The molecule has 0 unspecified atom stereocenters. The summed E-state index contributed by atoms with van der Waals surface area (Å²) in [5.41, 5.74) is 0.219. The van der Waals surface area contributed by atoms with Crippen LogP contribution in [0, 0.1) is 0 Å². The summed E-state index contributed by atoms with van der Waals surface area (Å²) in [5, 5.41) is 2.23. The Hall–Kier alpha value is -3.17. The van der Waals surface area contributed by atoms with E-state index in [1.807, 2.05) is 25.7 Å². The van der Waals surface area contributed by atoms with Gasteiger partial charge in [0, 0.05) is 39.4 Å². The Labute approximate surface area is 169 Å². The number of imide groups is 1. The molecule has 2 aliphatic heterocycles. The maximum absolute atomic E-state index is 12.3. The number of nitrogens with one attached hydrogen (secondary N) is 1. The van der Waals surface area contributed by atoms with Gasteiger partial charge in [-0.25, -0.2) is 19.6 Å². The van der Waals surface area contributed by atoms with E-state index in [0.717, 1.165) is 6.42 Å². The second-order valence-electron chi connectivity index (χ2n) is 7.94. The van der Waals surface area contributed by atoms with Gasteiger partial charge in [0.2, 0.25) is 5.95 Å². The first-order valence-electron chi connectivity index (χ1n) is 9.51. The Balaban J connectivity index is 1.70. The van der Waals surface area contributed by atoms with Crippen LogP contribution >= 0.6 is 0 Å². The molecular weight excluding hydrogens is 376 g/mol. The first-order valence-corrected chi connectivity index (χ1v) is 9.51. The number of hydrogen-bond donors (Lipinski definition) is 1. The largest absolute Gasteiger partial charge is 0.444 e. The van der Waals surface area contributed by atoms with E-state index in [1.54, 1.807) is 23.2 Å². The van der Waals surface area contributed by atoms with Crippen LogP contribution in [0.15, 0.2) is 18.0 Å². The number of likely N-dealkylation sites (N-methyl/N-ethyl adjacent to an activating group) is 1. The SMILES string of the molecule is CN1C(=O)NC(=O)C1=Cc1ccnc(N2CCCN(C(=O)OC(C)(C)C)CC2)n1. The molecule has 0 atom stereocenters. The van der Waals surface area contributed by atoms with Gasteiger partial charge in [0.15, 0.2) is 0 Å². The summed E-state index contributed by atoms with van der Waals surface area (Å²) < 4.78 is 5.46. The van der Waals surface area contributed by atoms with Crippen molar-refractivity contribution < 1.29 is 19.1 Å². The van der Waals surface area contributed by atoms with Gasteiger partial charge >= 0.3 is 12.1 Å². The minimum Gasteiger partial charge on any atom is -0.444 e. The molecule has 3 rings (SSSR count). The molecule has 1 aromatic rings. The average molecular weight is 402 g/mol. The average Bonchev–Trinajstić information content (AvgIpc) is 2.84. The van der Waals surface area contributed by atoms with Crippen molar-refractivity contribution in [2.45, 2.75) is 32.8 Å². The topological polar surface area (TPSA) is 108 Å². The van der Waals surface area contributed by atoms with Crippen LogP contribution < -0.4 is 10.2 Å². The molecule has 0 aromatic carbocycles. The highest BCUT2D eigenvalue weighted by atomic mass is 16.6. The van der Waals surface area contributed by atoms with Crippen LogP contribution in [0.1, 0.15) is 32.9 Å². The van der Waals surface area contributed by atoms with Crippen molar-refractivity contribution in [1.29, 1.82) is 0 Å². The van der Waals surface area contributed by atoms with Gasteiger partial charge in [0.05, 0.1) is 5.69 Å². The number of rotatable bonds is 2. The lowest BCUT2D eigenvalue weighted by Crippen LogP contribution is -2.39. The number of hydrogen-bond acceptors (Lipinski definition) is 7. The number of anilines is 1. The van der Waals surface area contributed by atoms with Gasteiger partial charge in [-0.3, -0.25) is 15.0 Å². The van der Waals surface area contributed by atoms with Gasteiger partial charge in [-0.05, 0) is 39.3 Å². The fraction of sp³-hybridized carbons (Fsp3) is 0.526. The first kappa shape index (κ1) is 20.6. The van der Waals surface area contributed by atoms with E-state index in [4.69, 9.17) is 4.74 Å². The van der Waals surface area contributed by atoms with Gasteiger partial charge in [0.25, 0.3) is 5.91 Å². The van der Waals surface area contributed by atoms with Crippen LogP contribution in [0.3, 0.4) is 0 Å². The normalized spacial score (nSPS) is 19.4. The quantitative estimate of drug-likeness (QED) is 0.589. The summed E-state index contributed by atoms with van der Waals surface area (Å²) in [6, 6.07) is 1.20. The molecule has 0 aliphatic carbocycles. The van der Waals surface area contributed by atoms with E-state index in [-0.39, 0.29) is 11.8 Å². The number of carbonyl (C=O) groups excluding carboxylic acids is 3.